The molecular weight excluding hydrogens is 423 g/mol. The van der Waals surface area contributed by atoms with Gasteiger partial charge in [-0.15, -0.1) is 0 Å². The van der Waals surface area contributed by atoms with Crippen LogP contribution in [-0.2, 0) is 6.54 Å². The Morgan fingerprint density at radius 1 is 1.21 bits per heavy atom. The number of hydrogen-bond acceptors (Lipinski definition) is 4. The summed E-state index contributed by atoms with van der Waals surface area (Å²) in [5, 5.41) is 3.35. The largest absolute Gasteiger partial charge is 0.348 e. The minimum atomic E-state index is -0.607. The van der Waals surface area contributed by atoms with Crippen molar-refractivity contribution in [3.05, 3.63) is 80.2 Å². The highest BCUT2D eigenvalue weighted by atomic mass is 19.1. The van der Waals surface area contributed by atoms with E-state index < -0.39 is 23.0 Å². The van der Waals surface area contributed by atoms with Gasteiger partial charge in [0.25, 0.3) is 11.5 Å². The highest BCUT2D eigenvalue weighted by Crippen LogP contribution is 2.16. The van der Waals surface area contributed by atoms with Gasteiger partial charge < -0.3 is 10.2 Å². The van der Waals surface area contributed by atoms with E-state index in [9.17, 15) is 18.8 Å². The average Bonchev–Trinajstić information content (AvgIpc) is 3.23. The molecule has 1 amide bonds. The summed E-state index contributed by atoms with van der Waals surface area (Å²) in [6, 6.07) is 11.0. The van der Waals surface area contributed by atoms with Crippen molar-refractivity contribution in [2.75, 3.05) is 19.6 Å². The van der Waals surface area contributed by atoms with Gasteiger partial charge in [0, 0.05) is 19.1 Å². The SMILES string of the molecule is CC(C)CCN1CCC(NC(=O)c2cc(Cn3c(=O)[nH]c(=O)c4ccccc43)ccc2F)C1. The molecule has 8 heteroatoms. The van der Waals surface area contributed by atoms with Gasteiger partial charge in [-0.25, -0.2) is 9.18 Å². The van der Waals surface area contributed by atoms with Crippen molar-refractivity contribution < 1.29 is 9.18 Å². The Labute approximate surface area is 191 Å². The van der Waals surface area contributed by atoms with E-state index >= 15 is 0 Å². The predicted octanol–water partition coefficient (Wildman–Crippen LogP) is 2.73. The van der Waals surface area contributed by atoms with Crippen LogP contribution in [0.15, 0.2) is 52.1 Å². The molecule has 4 rings (SSSR count). The highest BCUT2D eigenvalue weighted by Gasteiger charge is 2.25. The normalized spacial score (nSPS) is 16.5. The lowest BCUT2D eigenvalue weighted by atomic mass is 10.1. The second-order valence-corrected chi connectivity index (χ2v) is 9.12. The van der Waals surface area contributed by atoms with Crippen LogP contribution in [0.2, 0.25) is 0 Å². The number of carbonyl (C=O) groups is 1. The van der Waals surface area contributed by atoms with Crippen LogP contribution in [0.4, 0.5) is 4.39 Å². The number of aromatic amines is 1. The molecule has 2 N–H and O–H groups in total. The van der Waals surface area contributed by atoms with Gasteiger partial charge in [-0.05, 0) is 55.1 Å². The summed E-state index contributed by atoms with van der Waals surface area (Å²) >= 11 is 0. The number of para-hydroxylation sites is 1. The first-order valence-corrected chi connectivity index (χ1v) is 11.4. The summed E-state index contributed by atoms with van der Waals surface area (Å²) in [5.41, 5.74) is 0.0151. The molecule has 1 aromatic heterocycles. The van der Waals surface area contributed by atoms with Crippen molar-refractivity contribution in [1.29, 1.82) is 0 Å². The number of amides is 1. The third-order valence-electron chi connectivity index (χ3n) is 6.15. The van der Waals surface area contributed by atoms with E-state index in [2.05, 4.69) is 29.0 Å². The van der Waals surface area contributed by atoms with E-state index in [1.54, 1.807) is 30.3 Å². The molecule has 1 aliphatic rings. The summed E-state index contributed by atoms with van der Waals surface area (Å²) in [7, 11) is 0. The first kappa shape index (κ1) is 22.9. The number of carbonyl (C=O) groups excluding carboxylic acids is 1. The van der Waals surface area contributed by atoms with Gasteiger partial charge in [0.05, 0.1) is 23.0 Å². The van der Waals surface area contributed by atoms with Gasteiger partial charge in [-0.1, -0.05) is 32.0 Å². The van der Waals surface area contributed by atoms with E-state index in [0.717, 1.165) is 32.5 Å². The fourth-order valence-corrected chi connectivity index (χ4v) is 4.28. The second-order valence-electron chi connectivity index (χ2n) is 9.12. The van der Waals surface area contributed by atoms with Crippen LogP contribution in [0.5, 0.6) is 0 Å². The predicted molar refractivity (Wildman–Crippen MR) is 126 cm³/mol. The third kappa shape index (κ3) is 5.22. The Morgan fingerprint density at radius 3 is 2.79 bits per heavy atom. The molecule has 2 aromatic carbocycles. The van der Waals surface area contributed by atoms with Crippen LogP contribution >= 0.6 is 0 Å². The monoisotopic (exact) mass is 452 g/mol. The van der Waals surface area contributed by atoms with Crippen molar-refractivity contribution in [3.63, 3.8) is 0 Å². The number of benzene rings is 2. The molecule has 0 aliphatic carbocycles. The zero-order valence-electron chi connectivity index (χ0n) is 18.9. The number of nitrogens with zero attached hydrogens (tertiary/aromatic N) is 2. The molecule has 7 nitrogen and oxygen atoms in total. The third-order valence-corrected chi connectivity index (χ3v) is 6.15. The van der Waals surface area contributed by atoms with Gasteiger partial charge in [-0.3, -0.25) is 19.1 Å². The fraction of sp³-hybridized carbons (Fsp3) is 0.400. The van der Waals surface area contributed by atoms with Crippen molar-refractivity contribution in [3.8, 4) is 0 Å². The fourth-order valence-electron chi connectivity index (χ4n) is 4.28. The molecule has 1 unspecified atom stereocenters. The standard InChI is InChI=1S/C25H29FN4O3/c1-16(2)9-11-29-12-10-18(15-29)27-24(32)20-13-17(7-8-21(20)26)14-30-22-6-4-3-5-19(22)23(31)28-25(30)33/h3-8,13,16,18H,9-12,14-15H2,1-2H3,(H,27,32)(H,28,31,33). The molecule has 33 heavy (non-hydrogen) atoms. The zero-order chi connectivity index (χ0) is 23.5. The zero-order valence-corrected chi connectivity index (χ0v) is 18.9. The summed E-state index contributed by atoms with van der Waals surface area (Å²) in [6.07, 6.45) is 1.94. The molecule has 1 fully saturated rings. The summed E-state index contributed by atoms with van der Waals surface area (Å²) in [4.78, 5) is 42.0. The van der Waals surface area contributed by atoms with Gasteiger partial charge >= 0.3 is 5.69 Å². The minimum absolute atomic E-state index is 0.0153. The quantitative estimate of drug-likeness (QED) is 0.577. The summed E-state index contributed by atoms with van der Waals surface area (Å²) < 4.78 is 15.9. The smallest absolute Gasteiger partial charge is 0.329 e. The van der Waals surface area contributed by atoms with E-state index in [1.807, 2.05) is 0 Å². The van der Waals surface area contributed by atoms with Crippen LogP contribution < -0.4 is 16.6 Å². The van der Waals surface area contributed by atoms with E-state index in [0.29, 0.717) is 22.4 Å². The number of hydrogen-bond donors (Lipinski definition) is 2. The van der Waals surface area contributed by atoms with E-state index in [-0.39, 0.29) is 18.2 Å². The lowest BCUT2D eigenvalue weighted by Crippen LogP contribution is -2.37. The molecule has 1 saturated heterocycles. The lowest BCUT2D eigenvalue weighted by molar-refractivity contribution is 0.0933. The van der Waals surface area contributed by atoms with E-state index in [4.69, 9.17) is 0 Å². The van der Waals surface area contributed by atoms with E-state index in [1.165, 1.54) is 16.7 Å². The van der Waals surface area contributed by atoms with Gasteiger partial charge in [0.15, 0.2) is 0 Å². The average molecular weight is 453 g/mol. The molecule has 2 heterocycles. The topological polar surface area (TPSA) is 87.2 Å². The highest BCUT2D eigenvalue weighted by molar-refractivity contribution is 5.95. The van der Waals surface area contributed by atoms with Crippen molar-refractivity contribution in [2.24, 2.45) is 5.92 Å². The molecule has 174 valence electrons. The molecule has 3 aromatic rings. The van der Waals surface area contributed by atoms with Crippen LogP contribution in [0.25, 0.3) is 10.9 Å². The Kier molecular flexibility index (Phi) is 6.74. The van der Waals surface area contributed by atoms with Crippen LogP contribution in [-0.4, -0.2) is 46.0 Å². The number of fused-ring (bicyclic) bond motifs is 1. The van der Waals surface area contributed by atoms with Crippen molar-refractivity contribution >= 4 is 16.8 Å². The summed E-state index contributed by atoms with van der Waals surface area (Å²) in [5.74, 6) is -0.434. The maximum absolute atomic E-state index is 14.5. The number of nitrogens with one attached hydrogen (secondary N) is 2. The maximum atomic E-state index is 14.5. The van der Waals surface area contributed by atoms with Crippen LogP contribution in [0.1, 0.15) is 42.6 Å². The Bertz CT molecular complexity index is 1280. The molecule has 1 aliphatic heterocycles. The Balaban J connectivity index is 1.51. The van der Waals surface area contributed by atoms with Gasteiger partial charge in [0.2, 0.25) is 0 Å². The lowest BCUT2D eigenvalue weighted by Gasteiger charge is -2.18. The van der Waals surface area contributed by atoms with Crippen molar-refractivity contribution in [2.45, 2.75) is 39.3 Å². The van der Waals surface area contributed by atoms with Gasteiger partial charge in [-0.2, -0.15) is 0 Å². The van der Waals surface area contributed by atoms with Gasteiger partial charge in [0.1, 0.15) is 5.82 Å². The molecule has 0 saturated carbocycles. The second kappa shape index (κ2) is 9.70. The Morgan fingerprint density at radius 2 is 2.00 bits per heavy atom. The number of rotatable bonds is 7. The molecule has 0 spiro atoms. The Hall–Kier alpha value is -3.26. The number of halogens is 1. The molecule has 1 atom stereocenters. The molecule has 0 bridgehead atoms. The number of H-pyrrole nitrogens is 1. The molecular formula is C25H29FN4O3. The molecule has 0 radical (unpaired) electrons. The summed E-state index contributed by atoms with van der Waals surface area (Å²) in [6.45, 7) is 7.16. The minimum Gasteiger partial charge on any atom is -0.348 e. The van der Waals surface area contributed by atoms with Crippen molar-refractivity contribution in [1.82, 2.24) is 19.8 Å². The first-order chi connectivity index (χ1) is 15.8. The number of aromatic nitrogens is 2. The number of likely N-dealkylation sites (tertiary alicyclic amines) is 1. The van der Waals surface area contributed by atoms with Crippen LogP contribution in [0, 0.1) is 11.7 Å². The first-order valence-electron chi connectivity index (χ1n) is 11.4. The van der Waals surface area contributed by atoms with Crippen LogP contribution in [0.3, 0.4) is 0 Å². The maximum Gasteiger partial charge on any atom is 0.329 e.